The fourth-order valence-corrected chi connectivity index (χ4v) is 4.98. The number of nitrogens with one attached hydrogen (secondary N) is 1. The van der Waals surface area contributed by atoms with Gasteiger partial charge in [-0.15, -0.1) is 11.3 Å². The van der Waals surface area contributed by atoms with E-state index in [1.54, 1.807) is 28.4 Å². The summed E-state index contributed by atoms with van der Waals surface area (Å²) in [6.45, 7) is 1.76. The van der Waals surface area contributed by atoms with Crippen molar-refractivity contribution in [2.24, 2.45) is 0 Å². The highest BCUT2D eigenvalue weighted by Crippen LogP contribution is 2.34. The normalized spacial score (nSPS) is 14.9. The average molecular weight is 441 g/mol. The molecule has 0 spiro atoms. The Bertz CT molecular complexity index is 1110. The molecule has 0 bridgehead atoms. The number of carbonyl (C=O) groups is 2. The maximum Gasteiger partial charge on any atom is 0.313 e. The van der Waals surface area contributed by atoms with Gasteiger partial charge in [0.15, 0.2) is 0 Å². The molecule has 1 N–H and O–H groups in total. The van der Waals surface area contributed by atoms with Crippen molar-refractivity contribution < 1.29 is 14.0 Å². The molecule has 0 saturated carbocycles. The lowest BCUT2D eigenvalue weighted by molar-refractivity contribution is -0.143. The van der Waals surface area contributed by atoms with Gasteiger partial charge in [0.2, 0.25) is 0 Å². The number of aromatic nitrogens is 1. The minimum absolute atomic E-state index is 0.218. The molecule has 1 aromatic heterocycles. The molecule has 8 heteroatoms. The molecule has 0 aliphatic carbocycles. The van der Waals surface area contributed by atoms with Gasteiger partial charge in [0, 0.05) is 37.3 Å². The lowest BCUT2D eigenvalue weighted by Gasteiger charge is -2.30. The van der Waals surface area contributed by atoms with E-state index in [-0.39, 0.29) is 11.7 Å². The van der Waals surface area contributed by atoms with E-state index in [4.69, 9.17) is 0 Å². The third-order valence-electron chi connectivity index (χ3n) is 5.38. The Morgan fingerprint density at radius 2 is 1.97 bits per heavy atom. The van der Waals surface area contributed by atoms with Crippen LogP contribution >= 0.6 is 11.3 Å². The predicted octanol–water partition coefficient (Wildman–Crippen LogP) is 3.84. The molecular formula is C23H25FN4O2S. The highest BCUT2D eigenvalue weighted by atomic mass is 32.1. The van der Waals surface area contributed by atoms with Crippen LogP contribution in [-0.4, -0.2) is 53.8 Å². The van der Waals surface area contributed by atoms with E-state index in [9.17, 15) is 14.0 Å². The maximum atomic E-state index is 13.4. The van der Waals surface area contributed by atoms with Crippen LogP contribution in [0.5, 0.6) is 0 Å². The Hall–Kier alpha value is -2.84. The molecule has 0 radical (unpaired) electrons. The lowest BCUT2D eigenvalue weighted by atomic mass is 9.97. The summed E-state index contributed by atoms with van der Waals surface area (Å²) in [5.41, 5.74) is 2.36. The summed E-state index contributed by atoms with van der Waals surface area (Å²) >= 11 is 1.57. The van der Waals surface area contributed by atoms with Crippen LogP contribution in [0.4, 0.5) is 10.1 Å². The Labute approximate surface area is 184 Å². The first kappa shape index (κ1) is 21.4. The van der Waals surface area contributed by atoms with Gasteiger partial charge >= 0.3 is 11.8 Å². The van der Waals surface area contributed by atoms with Crippen LogP contribution in [-0.2, 0) is 16.1 Å². The number of anilines is 1. The van der Waals surface area contributed by atoms with E-state index in [0.717, 1.165) is 34.7 Å². The van der Waals surface area contributed by atoms with Gasteiger partial charge in [-0.3, -0.25) is 9.59 Å². The fourth-order valence-electron chi connectivity index (χ4n) is 3.86. The van der Waals surface area contributed by atoms with Crippen LogP contribution in [0.2, 0.25) is 0 Å². The number of halogens is 1. The van der Waals surface area contributed by atoms with Crippen molar-refractivity contribution in [2.75, 3.05) is 32.5 Å². The van der Waals surface area contributed by atoms with Crippen LogP contribution in [0.3, 0.4) is 0 Å². The van der Waals surface area contributed by atoms with Gasteiger partial charge in [0.05, 0.1) is 15.2 Å². The number of piperidine rings is 1. The number of fused-ring (bicyclic) bond motifs is 1. The van der Waals surface area contributed by atoms with Crippen LogP contribution in [0.1, 0.15) is 29.3 Å². The monoisotopic (exact) mass is 440 g/mol. The van der Waals surface area contributed by atoms with E-state index >= 15 is 0 Å². The number of nitrogens with zero attached hydrogens (tertiary/aromatic N) is 3. The highest BCUT2D eigenvalue weighted by molar-refractivity contribution is 7.18. The van der Waals surface area contributed by atoms with E-state index in [0.29, 0.717) is 24.3 Å². The third kappa shape index (κ3) is 5.08. The topological polar surface area (TPSA) is 65.5 Å². The van der Waals surface area contributed by atoms with E-state index in [1.807, 2.05) is 37.2 Å². The zero-order valence-electron chi connectivity index (χ0n) is 17.6. The predicted molar refractivity (Wildman–Crippen MR) is 121 cm³/mol. The van der Waals surface area contributed by atoms with Gasteiger partial charge < -0.3 is 15.1 Å². The first-order valence-electron chi connectivity index (χ1n) is 10.3. The smallest absolute Gasteiger partial charge is 0.313 e. The maximum absolute atomic E-state index is 13.4. The number of amides is 2. The number of hydrogen-bond donors (Lipinski definition) is 1. The third-order valence-corrected chi connectivity index (χ3v) is 6.57. The number of thiazole rings is 1. The van der Waals surface area contributed by atoms with Crippen LogP contribution in [0, 0.1) is 5.82 Å². The molecule has 2 aromatic carbocycles. The second kappa shape index (κ2) is 9.11. The summed E-state index contributed by atoms with van der Waals surface area (Å²) in [6, 6.07) is 12.2. The van der Waals surface area contributed by atoms with Crippen molar-refractivity contribution in [3.63, 3.8) is 0 Å². The van der Waals surface area contributed by atoms with Crippen molar-refractivity contribution in [3.05, 3.63) is 58.9 Å². The van der Waals surface area contributed by atoms with Gasteiger partial charge in [-0.25, -0.2) is 9.37 Å². The number of likely N-dealkylation sites (tertiary alicyclic amines) is 1. The fraction of sp³-hybridized carbons (Fsp3) is 0.348. The van der Waals surface area contributed by atoms with Gasteiger partial charge in [-0.05, 0) is 56.8 Å². The molecule has 6 nitrogen and oxygen atoms in total. The number of hydrogen-bond acceptors (Lipinski definition) is 5. The first-order valence-corrected chi connectivity index (χ1v) is 11.1. The van der Waals surface area contributed by atoms with Gasteiger partial charge in [-0.2, -0.15) is 0 Å². The molecule has 1 fully saturated rings. The van der Waals surface area contributed by atoms with Crippen LogP contribution in [0.25, 0.3) is 10.2 Å². The number of carbonyl (C=O) groups excluding carboxylic acids is 2. The number of rotatable bonds is 4. The summed E-state index contributed by atoms with van der Waals surface area (Å²) in [4.78, 5) is 33.3. The summed E-state index contributed by atoms with van der Waals surface area (Å²) in [5, 5.41) is 3.69. The highest BCUT2D eigenvalue weighted by Gasteiger charge is 2.29. The van der Waals surface area contributed by atoms with Gasteiger partial charge in [-0.1, -0.05) is 12.1 Å². The molecule has 1 saturated heterocycles. The van der Waals surface area contributed by atoms with E-state index in [1.165, 1.54) is 12.1 Å². The summed E-state index contributed by atoms with van der Waals surface area (Å²) in [6.07, 6.45) is 1.47. The van der Waals surface area contributed by atoms with Crippen molar-refractivity contribution in [1.29, 1.82) is 0 Å². The largest absolute Gasteiger partial charge is 0.334 e. The van der Waals surface area contributed by atoms with E-state index < -0.39 is 11.8 Å². The molecule has 2 heterocycles. The van der Waals surface area contributed by atoms with Gasteiger partial charge in [0.1, 0.15) is 5.82 Å². The second-order valence-corrected chi connectivity index (χ2v) is 9.19. The molecule has 0 atom stereocenters. The van der Waals surface area contributed by atoms with Crippen LogP contribution < -0.4 is 5.32 Å². The molecule has 31 heavy (non-hydrogen) atoms. The summed E-state index contributed by atoms with van der Waals surface area (Å²) in [5.74, 6) is -1.20. The van der Waals surface area contributed by atoms with Crippen molar-refractivity contribution in [1.82, 2.24) is 14.8 Å². The molecule has 1 aliphatic rings. The summed E-state index contributed by atoms with van der Waals surface area (Å²) < 4.78 is 14.4. The Balaban J connectivity index is 1.34. The number of benzene rings is 2. The minimum atomic E-state index is -0.615. The average Bonchev–Trinajstić information content (AvgIpc) is 3.16. The molecule has 4 rings (SSSR count). The molecule has 2 amide bonds. The molecule has 0 unspecified atom stereocenters. The van der Waals surface area contributed by atoms with E-state index in [2.05, 4.69) is 10.3 Å². The van der Waals surface area contributed by atoms with Crippen LogP contribution in [0.15, 0.2) is 42.5 Å². The van der Waals surface area contributed by atoms with Crippen molar-refractivity contribution >= 4 is 39.1 Å². The zero-order chi connectivity index (χ0) is 22.0. The lowest BCUT2D eigenvalue weighted by Crippen LogP contribution is -2.43. The standard InChI is InChI=1S/C23H25FN4O2S/c1-27(2)14-15-4-3-5-18(12-15)25-21(29)23(30)28-10-8-16(9-11-28)22-26-19-13-17(24)6-7-20(19)31-22/h3-7,12-13,16H,8-11,14H2,1-2H3,(H,25,29). The van der Waals surface area contributed by atoms with Gasteiger partial charge in [0.25, 0.3) is 0 Å². The van der Waals surface area contributed by atoms with Crippen molar-refractivity contribution in [2.45, 2.75) is 25.3 Å². The first-order chi connectivity index (χ1) is 14.9. The Morgan fingerprint density at radius 1 is 1.19 bits per heavy atom. The second-order valence-electron chi connectivity index (χ2n) is 8.12. The SMILES string of the molecule is CN(C)Cc1cccc(NC(=O)C(=O)N2CCC(c3nc4cc(F)ccc4s3)CC2)c1. The minimum Gasteiger partial charge on any atom is -0.334 e. The molecule has 1 aliphatic heterocycles. The summed E-state index contributed by atoms with van der Waals surface area (Å²) in [7, 11) is 3.95. The molecule has 3 aromatic rings. The quantitative estimate of drug-likeness (QED) is 0.626. The van der Waals surface area contributed by atoms with Crippen molar-refractivity contribution in [3.8, 4) is 0 Å². The molecule has 162 valence electrons. The molecular weight excluding hydrogens is 415 g/mol. The Kier molecular flexibility index (Phi) is 6.29. The Morgan fingerprint density at radius 3 is 2.71 bits per heavy atom. The zero-order valence-corrected chi connectivity index (χ0v) is 18.4.